The van der Waals surface area contributed by atoms with E-state index in [2.05, 4.69) is 5.32 Å². The number of carbonyl (C=O) groups is 1. The van der Waals surface area contributed by atoms with Crippen molar-refractivity contribution < 1.29 is 4.79 Å². The first kappa shape index (κ1) is 12.9. The summed E-state index contributed by atoms with van der Waals surface area (Å²) in [5, 5.41) is 2.65. The van der Waals surface area contributed by atoms with Crippen LogP contribution in [-0.2, 0) is 4.79 Å². The van der Waals surface area contributed by atoms with Crippen molar-refractivity contribution in [2.45, 2.75) is 5.38 Å². The van der Waals surface area contributed by atoms with Crippen LogP contribution in [0.25, 0.3) is 0 Å². The van der Waals surface area contributed by atoms with Gasteiger partial charge in [-0.2, -0.15) is 0 Å². The van der Waals surface area contributed by atoms with E-state index in [-0.39, 0.29) is 5.91 Å². The summed E-state index contributed by atoms with van der Waals surface area (Å²) >= 11 is 11.9. The van der Waals surface area contributed by atoms with Gasteiger partial charge in [0.1, 0.15) is 5.38 Å². The fourth-order valence-corrected chi connectivity index (χ4v) is 1.84. The van der Waals surface area contributed by atoms with E-state index in [0.717, 1.165) is 5.56 Å². The highest BCUT2D eigenvalue weighted by molar-refractivity contribution is 6.32. The lowest BCUT2D eigenvalue weighted by Crippen LogP contribution is -2.17. The van der Waals surface area contributed by atoms with Crippen molar-refractivity contribution in [1.29, 1.82) is 0 Å². The molecule has 0 fully saturated rings. The summed E-state index contributed by atoms with van der Waals surface area (Å²) in [5.41, 5.74) is 1.44. The minimum atomic E-state index is -0.707. The molecule has 18 heavy (non-hydrogen) atoms. The molecule has 0 spiro atoms. The number of rotatable bonds is 3. The van der Waals surface area contributed by atoms with Crippen LogP contribution in [0.15, 0.2) is 54.6 Å². The summed E-state index contributed by atoms with van der Waals surface area (Å²) in [5.74, 6) is -0.259. The van der Waals surface area contributed by atoms with Crippen LogP contribution in [0.1, 0.15) is 10.9 Å². The predicted molar refractivity (Wildman–Crippen MR) is 75.1 cm³/mol. The largest absolute Gasteiger partial charge is 0.325 e. The maximum atomic E-state index is 11.9. The molecule has 2 aromatic carbocycles. The molecule has 4 heteroatoms. The zero-order valence-electron chi connectivity index (χ0n) is 9.44. The van der Waals surface area contributed by atoms with Gasteiger partial charge in [0.25, 0.3) is 0 Å². The number of alkyl halides is 1. The zero-order valence-corrected chi connectivity index (χ0v) is 10.9. The van der Waals surface area contributed by atoms with Crippen LogP contribution >= 0.6 is 23.2 Å². The van der Waals surface area contributed by atoms with E-state index in [9.17, 15) is 4.79 Å². The van der Waals surface area contributed by atoms with Crippen LogP contribution in [0.4, 0.5) is 5.69 Å². The third-order valence-corrected chi connectivity index (χ3v) is 3.14. The standard InChI is InChI=1S/C14H11Cl2NO/c15-11-6-8-12(9-7-11)17-14(18)13(16)10-4-2-1-3-5-10/h1-9,13H,(H,17,18). The van der Waals surface area contributed by atoms with Crippen molar-refractivity contribution in [1.82, 2.24) is 0 Å². The molecule has 1 amide bonds. The molecule has 0 saturated heterocycles. The third-order valence-electron chi connectivity index (χ3n) is 2.43. The number of benzene rings is 2. The Morgan fingerprint density at radius 1 is 1.00 bits per heavy atom. The van der Waals surface area contributed by atoms with Gasteiger partial charge >= 0.3 is 0 Å². The molecule has 92 valence electrons. The summed E-state index contributed by atoms with van der Waals surface area (Å²) in [6.45, 7) is 0. The monoisotopic (exact) mass is 279 g/mol. The first-order valence-corrected chi connectivity index (χ1v) is 6.24. The summed E-state index contributed by atoms with van der Waals surface area (Å²) in [4.78, 5) is 11.9. The predicted octanol–water partition coefficient (Wildman–Crippen LogP) is 4.26. The number of anilines is 1. The van der Waals surface area contributed by atoms with Gasteiger partial charge in [0.05, 0.1) is 0 Å². The quantitative estimate of drug-likeness (QED) is 0.836. The number of halogens is 2. The van der Waals surface area contributed by atoms with E-state index in [1.807, 2.05) is 30.3 Å². The highest BCUT2D eigenvalue weighted by atomic mass is 35.5. The number of amides is 1. The lowest BCUT2D eigenvalue weighted by Gasteiger charge is -2.10. The first-order valence-electron chi connectivity index (χ1n) is 5.42. The van der Waals surface area contributed by atoms with Gasteiger partial charge in [0.15, 0.2) is 0 Å². The van der Waals surface area contributed by atoms with Crippen molar-refractivity contribution in [2.75, 3.05) is 5.32 Å². The fraction of sp³-hybridized carbons (Fsp3) is 0.0714. The number of hydrogen-bond donors (Lipinski definition) is 1. The van der Waals surface area contributed by atoms with Crippen LogP contribution in [-0.4, -0.2) is 5.91 Å². The van der Waals surface area contributed by atoms with Crippen LogP contribution in [0.5, 0.6) is 0 Å². The molecule has 0 aromatic heterocycles. The van der Waals surface area contributed by atoms with Crippen LogP contribution in [0.3, 0.4) is 0 Å². The Bertz CT molecular complexity index is 525. The number of nitrogens with one attached hydrogen (secondary N) is 1. The average Bonchev–Trinajstić information content (AvgIpc) is 2.41. The van der Waals surface area contributed by atoms with Gasteiger partial charge in [-0.15, -0.1) is 11.6 Å². The van der Waals surface area contributed by atoms with Crippen molar-refractivity contribution >= 4 is 34.8 Å². The van der Waals surface area contributed by atoms with Gasteiger partial charge in [0.2, 0.25) is 5.91 Å². The van der Waals surface area contributed by atoms with E-state index in [1.165, 1.54) is 0 Å². The lowest BCUT2D eigenvalue weighted by atomic mass is 10.1. The summed E-state index contributed by atoms with van der Waals surface area (Å²) < 4.78 is 0. The Balaban J connectivity index is 2.06. The Labute approximate surface area is 116 Å². The molecule has 0 saturated carbocycles. The van der Waals surface area contributed by atoms with E-state index in [4.69, 9.17) is 23.2 Å². The summed E-state index contributed by atoms with van der Waals surface area (Å²) in [6, 6.07) is 16.1. The van der Waals surface area contributed by atoms with Crippen molar-refractivity contribution in [3.8, 4) is 0 Å². The van der Waals surface area contributed by atoms with E-state index in [1.54, 1.807) is 24.3 Å². The molecule has 1 atom stereocenters. The molecule has 2 aromatic rings. The fourth-order valence-electron chi connectivity index (χ4n) is 1.51. The minimum absolute atomic E-state index is 0.259. The average molecular weight is 280 g/mol. The van der Waals surface area contributed by atoms with Gasteiger partial charge in [0, 0.05) is 10.7 Å². The maximum Gasteiger partial charge on any atom is 0.246 e. The molecule has 0 heterocycles. The Kier molecular flexibility index (Phi) is 4.24. The minimum Gasteiger partial charge on any atom is -0.325 e. The molecular weight excluding hydrogens is 269 g/mol. The Morgan fingerprint density at radius 2 is 1.61 bits per heavy atom. The maximum absolute atomic E-state index is 11.9. The Morgan fingerprint density at radius 3 is 2.22 bits per heavy atom. The lowest BCUT2D eigenvalue weighted by molar-refractivity contribution is -0.116. The molecule has 0 radical (unpaired) electrons. The van der Waals surface area contributed by atoms with Gasteiger partial charge in [-0.25, -0.2) is 0 Å². The zero-order chi connectivity index (χ0) is 13.0. The topological polar surface area (TPSA) is 29.1 Å². The first-order chi connectivity index (χ1) is 8.66. The van der Waals surface area contributed by atoms with Gasteiger partial charge < -0.3 is 5.32 Å². The van der Waals surface area contributed by atoms with Crippen LogP contribution < -0.4 is 5.32 Å². The molecule has 2 rings (SSSR count). The molecule has 0 bridgehead atoms. The second-order valence-electron chi connectivity index (χ2n) is 3.77. The third kappa shape index (κ3) is 3.25. The second-order valence-corrected chi connectivity index (χ2v) is 4.64. The van der Waals surface area contributed by atoms with Gasteiger partial charge in [-0.1, -0.05) is 41.9 Å². The van der Waals surface area contributed by atoms with E-state index < -0.39 is 5.38 Å². The van der Waals surface area contributed by atoms with Gasteiger partial charge in [-0.3, -0.25) is 4.79 Å². The van der Waals surface area contributed by atoms with Crippen LogP contribution in [0.2, 0.25) is 5.02 Å². The summed E-state index contributed by atoms with van der Waals surface area (Å²) in [6.07, 6.45) is 0. The summed E-state index contributed by atoms with van der Waals surface area (Å²) in [7, 11) is 0. The van der Waals surface area contributed by atoms with E-state index >= 15 is 0 Å². The highest BCUT2D eigenvalue weighted by Gasteiger charge is 2.17. The van der Waals surface area contributed by atoms with Crippen LogP contribution in [0, 0.1) is 0 Å². The SMILES string of the molecule is O=C(Nc1ccc(Cl)cc1)C(Cl)c1ccccc1. The number of carbonyl (C=O) groups excluding carboxylic acids is 1. The van der Waals surface area contributed by atoms with Crippen molar-refractivity contribution in [3.63, 3.8) is 0 Å². The normalized spacial score (nSPS) is 11.9. The molecule has 0 aliphatic heterocycles. The molecule has 2 nitrogen and oxygen atoms in total. The molecular formula is C14H11Cl2NO. The van der Waals surface area contributed by atoms with Crippen molar-refractivity contribution in [3.05, 3.63) is 65.2 Å². The second kappa shape index (κ2) is 5.89. The molecule has 0 aliphatic rings. The Hall–Kier alpha value is -1.51. The van der Waals surface area contributed by atoms with Crippen molar-refractivity contribution in [2.24, 2.45) is 0 Å². The number of hydrogen-bond acceptors (Lipinski definition) is 1. The smallest absolute Gasteiger partial charge is 0.246 e. The van der Waals surface area contributed by atoms with E-state index in [0.29, 0.717) is 10.7 Å². The molecule has 1 unspecified atom stereocenters. The molecule has 0 aliphatic carbocycles. The van der Waals surface area contributed by atoms with Gasteiger partial charge in [-0.05, 0) is 29.8 Å². The molecule has 1 N–H and O–H groups in total. The highest BCUT2D eigenvalue weighted by Crippen LogP contribution is 2.22.